The topological polar surface area (TPSA) is 0 Å². The molecular weight excluding hydrogens is 223 g/mol. The van der Waals surface area contributed by atoms with E-state index in [9.17, 15) is 0 Å². The second-order valence-corrected chi connectivity index (χ2v) is 10.9. The fraction of sp³-hybridized carbons (Fsp3) is 1.00. The van der Waals surface area contributed by atoms with Crippen molar-refractivity contribution in [3.8, 4) is 0 Å². The van der Waals surface area contributed by atoms with E-state index in [0.29, 0.717) is 10.3 Å². The molecule has 0 aliphatic heterocycles. The average molecular weight is 256 g/mol. The van der Waals surface area contributed by atoms with E-state index in [1.165, 1.54) is 44.9 Å². The van der Waals surface area contributed by atoms with E-state index < -0.39 is 0 Å². The van der Waals surface area contributed by atoms with Gasteiger partial charge in [0.25, 0.3) is 0 Å². The van der Waals surface area contributed by atoms with Crippen LogP contribution in [0.4, 0.5) is 0 Å². The maximum absolute atomic E-state index is 2.53. The van der Waals surface area contributed by atoms with E-state index in [1.807, 2.05) is 0 Å². The van der Waals surface area contributed by atoms with Gasteiger partial charge in [0.2, 0.25) is 0 Å². The largest absolute Gasteiger partial charge is 0.0919 e. The normalized spacial score (nSPS) is 19.9. The summed E-state index contributed by atoms with van der Waals surface area (Å²) in [5.74, 6) is 0. The zero-order valence-corrected chi connectivity index (χ0v) is 13.9. The van der Waals surface area contributed by atoms with Crippen molar-refractivity contribution in [2.24, 2.45) is 0 Å². The fourth-order valence-electron chi connectivity index (χ4n) is 3.49. The van der Waals surface area contributed by atoms with Crippen LogP contribution >= 0.6 is 7.92 Å². The number of rotatable bonds is 5. The summed E-state index contributed by atoms with van der Waals surface area (Å²) in [5, 5.41) is 1.13. The predicted molar refractivity (Wildman–Crippen MR) is 82.5 cm³/mol. The van der Waals surface area contributed by atoms with E-state index in [1.54, 1.807) is 0 Å². The molecule has 17 heavy (non-hydrogen) atoms. The molecule has 0 saturated heterocycles. The van der Waals surface area contributed by atoms with Crippen molar-refractivity contribution in [3.63, 3.8) is 0 Å². The van der Waals surface area contributed by atoms with Gasteiger partial charge in [0.15, 0.2) is 0 Å². The van der Waals surface area contributed by atoms with Crippen molar-refractivity contribution in [3.05, 3.63) is 0 Å². The monoisotopic (exact) mass is 256 g/mol. The third kappa shape index (κ3) is 3.69. The van der Waals surface area contributed by atoms with Gasteiger partial charge in [-0.2, -0.15) is 0 Å². The average Bonchev–Trinajstić information content (AvgIpc) is 2.30. The molecule has 0 aromatic carbocycles. The summed E-state index contributed by atoms with van der Waals surface area (Å²) in [6.07, 6.45) is 10.2. The van der Waals surface area contributed by atoms with Gasteiger partial charge in [-0.05, 0) is 41.7 Å². The van der Waals surface area contributed by atoms with Crippen molar-refractivity contribution in [2.75, 3.05) is 0 Å². The Hall–Kier alpha value is 0.430. The lowest BCUT2D eigenvalue weighted by molar-refractivity contribution is 0.487. The maximum Gasteiger partial charge on any atom is -0.0146 e. The quantitative estimate of drug-likeness (QED) is 0.515. The predicted octanol–water partition coefficient (Wildman–Crippen LogP) is 6.18. The highest BCUT2D eigenvalue weighted by atomic mass is 31.1. The van der Waals surface area contributed by atoms with Crippen molar-refractivity contribution in [1.29, 1.82) is 0 Å². The molecular formula is C16H33P. The Balaban J connectivity index is 2.92. The minimum atomic E-state index is 0.134. The molecule has 1 heteroatoms. The third-order valence-corrected chi connectivity index (χ3v) is 9.46. The van der Waals surface area contributed by atoms with Crippen LogP contribution in [0, 0.1) is 0 Å². The van der Waals surface area contributed by atoms with Crippen LogP contribution in [0.5, 0.6) is 0 Å². The molecule has 0 nitrogen and oxygen atoms in total. The Morgan fingerprint density at radius 3 is 1.59 bits per heavy atom. The van der Waals surface area contributed by atoms with Crippen LogP contribution in [0.1, 0.15) is 86.5 Å². The van der Waals surface area contributed by atoms with Gasteiger partial charge in [0.05, 0.1) is 0 Å². The minimum Gasteiger partial charge on any atom is -0.0919 e. The fourth-order valence-corrected chi connectivity index (χ4v) is 8.67. The lowest BCUT2D eigenvalue weighted by Gasteiger charge is -2.50. The Bertz CT molecular complexity index is 208. The van der Waals surface area contributed by atoms with E-state index in [4.69, 9.17) is 0 Å². The zero-order valence-electron chi connectivity index (χ0n) is 13.0. The molecule has 0 aromatic heterocycles. The first-order valence-electron chi connectivity index (χ1n) is 7.64. The van der Waals surface area contributed by atoms with Gasteiger partial charge in [-0.3, -0.25) is 0 Å². The molecule has 0 N–H and O–H groups in total. The molecule has 0 bridgehead atoms. The molecule has 0 spiro atoms. The highest BCUT2D eigenvalue weighted by Gasteiger charge is 2.42. The van der Waals surface area contributed by atoms with Crippen molar-refractivity contribution in [1.82, 2.24) is 0 Å². The van der Waals surface area contributed by atoms with Gasteiger partial charge in [-0.1, -0.05) is 68.7 Å². The van der Waals surface area contributed by atoms with Crippen molar-refractivity contribution >= 4 is 7.92 Å². The smallest absolute Gasteiger partial charge is 0.0146 e. The molecule has 0 atom stereocenters. The number of hydrogen-bond donors (Lipinski definition) is 0. The Labute approximate surface area is 111 Å². The molecule has 0 amide bonds. The lowest BCUT2D eigenvalue weighted by Crippen LogP contribution is -2.35. The lowest BCUT2D eigenvalue weighted by atomic mass is 10.0. The van der Waals surface area contributed by atoms with Gasteiger partial charge in [0.1, 0.15) is 0 Å². The van der Waals surface area contributed by atoms with Crippen LogP contribution in [-0.2, 0) is 0 Å². The van der Waals surface area contributed by atoms with Crippen LogP contribution in [0.25, 0.3) is 0 Å². The van der Waals surface area contributed by atoms with Crippen LogP contribution < -0.4 is 0 Å². The van der Waals surface area contributed by atoms with E-state index in [0.717, 1.165) is 5.66 Å². The molecule has 102 valence electrons. The summed E-state index contributed by atoms with van der Waals surface area (Å²) >= 11 is 0. The van der Waals surface area contributed by atoms with Crippen LogP contribution in [0.2, 0.25) is 0 Å². The summed E-state index contributed by atoms with van der Waals surface area (Å²) < 4.78 is 0. The van der Waals surface area contributed by atoms with Crippen molar-refractivity contribution in [2.45, 2.75) is 102 Å². The van der Waals surface area contributed by atoms with Crippen molar-refractivity contribution < 1.29 is 0 Å². The highest BCUT2D eigenvalue weighted by molar-refractivity contribution is 7.61. The Morgan fingerprint density at radius 2 is 1.24 bits per heavy atom. The van der Waals surface area contributed by atoms with Gasteiger partial charge in [0, 0.05) is 0 Å². The summed E-state index contributed by atoms with van der Waals surface area (Å²) in [7, 11) is 0.134. The zero-order chi connectivity index (χ0) is 13.1. The maximum atomic E-state index is 2.53. The van der Waals surface area contributed by atoms with Crippen LogP contribution in [0.3, 0.4) is 0 Å². The molecule has 1 aliphatic carbocycles. The molecule has 0 radical (unpaired) electrons. The van der Waals surface area contributed by atoms with Gasteiger partial charge < -0.3 is 0 Å². The van der Waals surface area contributed by atoms with Gasteiger partial charge in [-0.25, -0.2) is 0 Å². The summed E-state index contributed by atoms with van der Waals surface area (Å²) in [4.78, 5) is 0. The Kier molecular flexibility index (Phi) is 5.51. The third-order valence-electron chi connectivity index (χ3n) is 4.97. The second kappa shape index (κ2) is 6.05. The molecule has 1 aliphatic rings. The van der Waals surface area contributed by atoms with E-state index in [-0.39, 0.29) is 7.92 Å². The van der Waals surface area contributed by atoms with Crippen LogP contribution in [0.15, 0.2) is 0 Å². The first-order chi connectivity index (χ1) is 7.85. The van der Waals surface area contributed by atoms with Gasteiger partial charge >= 0.3 is 0 Å². The first-order valence-corrected chi connectivity index (χ1v) is 9.05. The molecule has 1 saturated carbocycles. The number of hydrogen-bond acceptors (Lipinski definition) is 0. The molecule has 1 rings (SSSR count). The highest BCUT2D eigenvalue weighted by Crippen LogP contribution is 2.67. The van der Waals surface area contributed by atoms with Gasteiger partial charge in [-0.15, -0.1) is 0 Å². The SMILES string of the molecule is CCC(C)(C)P(C1CCCCC1)C(C)(C)CC. The minimum absolute atomic E-state index is 0.134. The van der Waals surface area contributed by atoms with E-state index >= 15 is 0 Å². The van der Waals surface area contributed by atoms with Crippen LogP contribution in [-0.4, -0.2) is 16.0 Å². The summed E-state index contributed by atoms with van der Waals surface area (Å²) in [6, 6.07) is 0. The summed E-state index contributed by atoms with van der Waals surface area (Å²) in [6.45, 7) is 14.9. The van der Waals surface area contributed by atoms with E-state index in [2.05, 4.69) is 41.5 Å². The first kappa shape index (κ1) is 15.5. The Morgan fingerprint density at radius 1 is 0.824 bits per heavy atom. The molecule has 0 unspecified atom stereocenters. The molecule has 0 heterocycles. The summed E-state index contributed by atoms with van der Waals surface area (Å²) in [5.41, 5.74) is 1.05. The molecule has 0 aromatic rings. The second-order valence-electron chi connectivity index (χ2n) is 6.99. The standard InChI is InChI=1S/C16H33P/c1-7-15(3,4)17(16(5,6)8-2)14-12-10-9-11-13-14/h14H,7-13H2,1-6H3. The molecule has 1 fully saturated rings.